The maximum absolute atomic E-state index is 14.0. The molecule has 2 aliphatic rings. The summed E-state index contributed by atoms with van der Waals surface area (Å²) in [6.07, 6.45) is -4.78. The lowest BCUT2D eigenvalue weighted by molar-refractivity contribution is -0.137. The molecule has 0 bridgehead atoms. The number of aromatic nitrogens is 1. The fourth-order valence-electron chi connectivity index (χ4n) is 5.32. The van der Waals surface area contributed by atoms with Crippen LogP contribution >= 0.6 is 39.0 Å². The summed E-state index contributed by atoms with van der Waals surface area (Å²) in [4.78, 5) is 43.8. The van der Waals surface area contributed by atoms with Crippen molar-refractivity contribution in [3.63, 3.8) is 0 Å². The minimum atomic E-state index is -4.78. The van der Waals surface area contributed by atoms with Gasteiger partial charge in [-0.2, -0.15) is 13.2 Å². The molecule has 3 atom stereocenters. The summed E-state index contributed by atoms with van der Waals surface area (Å²) in [5.41, 5.74) is 0.946. The van der Waals surface area contributed by atoms with Crippen LogP contribution in [0.15, 0.2) is 81.0 Å². The molecule has 1 N–H and O–H groups in total. The summed E-state index contributed by atoms with van der Waals surface area (Å²) in [7, 11) is 0. The van der Waals surface area contributed by atoms with Crippen LogP contribution < -0.4 is 14.5 Å². The van der Waals surface area contributed by atoms with Crippen molar-refractivity contribution in [1.82, 2.24) is 4.98 Å². The smallest absolute Gasteiger partial charge is 0.418 e. The Morgan fingerprint density at radius 3 is 2.49 bits per heavy atom. The Morgan fingerprint density at radius 2 is 1.73 bits per heavy atom. The summed E-state index contributed by atoms with van der Waals surface area (Å²) in [6.45, 7) is 2.19. The molecule has 0 aliphatic carbocycles. The number of aromatic amines is 1. The van der Waals surface area contributed by atoms with Gasteiger partial charge in [-0.25, -0.2) is 4.90 Å². The second-order valence-electron chi connectivity index (χ2n) is 9.67. The lowest BCUT2D eigenvalue weighted by atomic mass is 9.82. The first kappa shape index (κ1) is 27.8. The Balaban J connectivity index is 1.47. The number of para-hydroxylation sites is 1. The number of H-pyrrole nitrogens is 1. The van der Waals surface area contributed by atoms with Gasteiger partial charge in [0.15, 0.2) is 0 Å². The van der Waals surface area contributed by atoms with E-state index in [1.54, 1.807) is 18.2 Å². The number of hydrogen-bond acceptors (Lipinski definition) is 6. The molecule has 3 heterocycles. The number of benzene rings is 3. The second-order valence-corrected chi connectivity index (χ2v) is 12.8. The van der Waals surface area contributed by atoms with Gasteiger partial charge in [0.1, 0.15) is 17.6 Å². The van der Waals surface area contributed by atoms with Crippen molar-refractivity contribution in [2.45, 2.75) is 35.9 Å². The number of nitrogens with zero attached hydrogens (tertiary/aromatic N) is 1. The molecule has 0 saturated carbocycles. The predicted octanol–water partition coefficient (Wildman–Crippen LogP) is 6.90. The van der Waals surface area contributed by atoms with Crippen LogP contribution in [0, 0.1) is 12.8 Å². The van der Waals surface area contributed by atoms with Crippen LogP contribution in [0.1, 0.15) is 33.0 Å². The van der Waals surface area contributed by atoms with Crippen LogP contribution in [0.2, 0.25) is 0 Å². The van der Waals surface area contributed by atoms with Crippen molar-refractivity contribution < 1.29 is 27.5 Å². The fraction of sp³-hybridized carbons (Fsp3) is 0.207. The van der Waals surface area contributed by atoms with Gasteiger partial charge in [0.2, 0.25) is 11.8 Å². The molecule has 41 heavy (non-hydrogen) atoms. The molecular formula is C29H20BrF3N2O4S2. The number of carbonyl (C=O) groups excluding carboxylic acids is 2. The van der Waals surface area contributed by atoms with Gasteiger partial charge < -0.3 is 9.72 Å². The van der Waals surface area contributed by atoms with Crippen LogP contribution in [0.4, 0.5) is 18.9 Å². The standard InChI is InChI=1S/C29H20BrF3N2O4S2/c1-14-6-2-3-7-15(14)13-39-20-11-10-16(30)12-17(20)21-22-24(40-25-23(21)41-28(38)34-25)27(37)35(26(22)36)19-9-5-4-8-18(19)29(31,32)33/h2-12,21-22,24H,13H2,1H3,(H,34,38)/t21-,22-,24+/m0/s1. The van der Waals surface area contributed by atoms with Gasteiger partial charge in [-0.15, -0.1) is 0 Å². The zero-order valence-electron chi connectivity index (χ0n) is 21.2. The van der Waals surface area contributed by atoms with Gasteiger partial charge in [-0.05, 0) is 48.4 Å². The topological polar surface area (TPSA) is 79.5 Å². The number of halogens is 4. The molecule has 2 aliphatic heterocycles. The third kappa shape index (κ3) is 4.91. The highest BCUT2D eigenvalue weighted by Gasteiger charge is 2.57. The first-order chi connectivity index (χ1) is 19.5. The van der Waals surface area contributed by atoms with Crippen molar-refractivity contribution in [3.05, 3.63) is 108 Å². The first-order valence-corrected chi connectivity index (χ1v) is 14.9. The molecule has 0 unspecified atom stereocenters. The first-order valence-electron chi connectivity index (χ1n) is 12.4. The number of imide groups is 1. The maximum atomic E-state index is 14.0. The van der Waals surface area contributed by atoms with E-state index < -0.39 is 46.3 Å². The van der Waals surface area contributed by atoms with E-state index in [0.29, 0.717) is 30.6 Å². The summed E-state index contributed by atoms with van der Waals surface area (Å²) < 4.78 is 48.7. The Hall–Kier alpha value is -3.35. The van der Waals surface area contributed by atoms with Crippen molar-refractivity contribution >= 4 is 56.5 Å². The molecule has 0 radical (unpaired) electrons. The number of ether oxygens (including phenoxy) is 1. The van der Waals surface area contributed by atoms with E-state index >= 15 is 0 Å². The molecule has 6 nitrogen and oxygen atoms in total. The van der Waals surface area contributed by atoms with E-state index in [1.807, 2.05) is 31.2 Å². The molecule has 1 saturated heterocycles. The zero-order chi connectivity index (χ0) is 29.1. The van der Waals surface area contributed by atoms with Gasteiger partial charge in [-0.3, -0.25) is 14.4 Å². The number of thiazole rings is 1. The molecule has 0 spiro atoms. The minimum Gasteiger partial charge on any atom is -0.489 e. The monoisotopic (exact) mass is 660 g/mol. The number of rotatable bonds is 5. The fourth-order valence-corrected chi connectivity index (χ4v) is 8.20. The van der Waals surface area contributed by atoms with Crippen LogP contribution in [-0.2, 0) is 22.4 Å². The Bertz CT molecular complexity index is 1750. The van der Waals surface area contributed by atoms with Gasteiger partial charge in [0.05, 0.1) is 22.2 Å². The number of nitrogens with one attached hydrogen (secondary N) is 1. The number of aryl methyl sites for hydroxylation is 1. The third-order valence-corrected chi connectivity index (χ3v) is 10.1. The van der Waals surface area contributed by atoms with Crippen LogP contribution in [-0.4, -0.2) is 22.0 Å². The molecule has 6 rings (SSSR count). The molecule has 4 aromatic rings. The molecule has 1 fully saturated rings. The number of carbonyl (C=O) groups is 2. The van der Waals surface area contributed by atoms with E-state index in [2.05, 4.69) is 20.9 Å². The molecule has 12 heteroatoms. The molecule has 2 amide bonds. The zero-order valence-corrected chi connectivity index (χ0v) is 24.4. The van der Waals surface area contributed by atoms with Crippen molar-refractivity contribution in [3.8, 4) is 5.75 Å². The van der Waals surface area contributed by atoms with E-state index in [4.69, 9.17) is 4.74 Å². The highest BCUT2D eigenvalue weighted by molar-refractivity contribution is 9.10. The minimum absolute atomic E-state index is 0.227. The van der Waals surface area contributed by atoms with E-state index in [-0.39, 0.29) is 11.5 Å². The number of hydrogen-bond donors (Lipinski definition) is 1. The largest absolute Gasteiger partial charge is 0.489 e. The summed E-state index contributed by atoms with van der Waals surface area (Å²) in [5, 5.41) is -0.627. The molecule has 3 aromatic carbocycles. The van der Waals surface area contributed by atoms with E-state index in [1.165, 1.54) is 12.1 Å². The number of thioether (sulfide) groups is 1. The highest BCUT2D eigenvalue weighted by atomic mass is 79.9. The predicted molar refractivity (Wildman–Crippen MR) is 154 cm³/mol. The van der Waals surface area contributed by atoms with E-state index in [9.17, 15) is 27.6 Å². The number of amides is 2. The SMILES string of the molecule is Cc1ccccc1COc1ccc(Br)cc1[C@@H]1c2sc(=O)[nH]c2S[C@H]2C(=O)N(c3ccccc3C(F)(F)F)C(=O)[C@@H]12. The number of alkyl halides is 3. The van der Waals surface area contributed by atoms with Crippen molar-refractivity contribution in [2.24, 2.45) is 5.92 Å². The third-order valence-electron chi connectivity index (χ3n) is 7.23. The second kappa shape index (κ2) is 10.5. The summed E-state index contributed by atoms with van der Waals surface area (Å²) in [6, 6.07) is 17.6. The van der Waals surface area contributed by atoms with Crippen LogP contribution in [0.25, 0.3) is 0 Å². The molecular weight excluding hydrogens is 641 g/mol. The number of fused-ring (bicyclic) bond motifs is 2. The lowest BCUT2D eigenvalue weighted by Gasteiger charge is -2.31. The van der Waals surface area contributed by atoms with E-state index in [0.717, 1.165) is 46.4 Å². The average Bonchev–Trinajstić information content (AvgIpc) is 3.42. The Morgan fingerprint density at radius 1 is 1.00 bits per heavy atom. The number of anilines is 1. The van der Waals surface area contributed by atoms with Gasteiger partial charge in [0, 0.05) is 20.8 Å². The Kier molecular flexibility index (Phi) is 7.11. The summed E-state index contributed by atoms with van der Waals surface area (Å²) >= 11 is 5.40. The van der Waals surface area contributed by atoms with Crippen molar-refractivity contribution in [1.29, 1.82) is 0 Å². The lowest BCUT2D eigenvalue weighted by Crippen LogP contribution is -2.33. The Labute approximate surface area is 248 Å². The van der Waals surface area contributed by atoms with Gasteiger partial charge >= 0.3 is 11.0 Å². The highest BCUT2D eigenvalue weighted by Crippen LogP contribution is 2.55. The molecule has 210 valence electrons. The van der Waals surface area contributed by atoms with Crippen LogP contribution in [0.5, 0.6) is 5.75 Å². The summed E-state index contributed by atoms with van der Waals surface area (Å²) in [5.74, 6) is -2.97. The average molecular weight is 662 g/mol. The van der Waals surface area contributed by atoms with Crippen molar-refractivity contribution in [2.75, 3.05) is 4.90 Å². The molecule has 1 aromatic heterocycles. The normalized spacial score (nSPS) is 20.2. The maximum Gasteiger partial charge on any atom is 0.418 e. The van der Waals surface area contributed by atoms with Gasteiger partial charge in [0.25, 0.3) is 0 Å². The van der Waals surface area contributed by atoms with Gasteiger partial charge in [-0.1, -0.05) is 75.4 Å². The quantitative estimate of drug-likeness (QED) is 0.236. The van der Waals surface area contributed by atoms with Crippen LogP contribution in [0.3, 0.4) is 0 Å².